The highest BCUT2D eigenvalue weighted by atomic mass is 32.1. The van der Waals surface area contributed by atoms with E-state index in [1.807, 2.05) is 26.0 Å². The lowest BCUT2D eigenvalue weighted by molar-refractivity contribution is 0.0941. The van der Waals surface area contributed by atoms with E-state index in [0.717, 1.165) is 29.1 Å². The van der Waals surface area contributed by atoms with E-state index in [9.17, 15) is 4.79 Å². The SMILES string of the molecule is CCC[C@H](C)NC(=O)c1sc(-c2cccnc2)nc1C. The number of aromatic nitrogens is 2. The second-order valence-corrected chi connectivity index (χ2v) is 5.84. The van der Waals surface area contributed by atoms with Crippen LogP contribution in [0, 0.1) is 6.92 Å². The highest BCUT2D eigenvalue weighted by Crippen LogP contribution is 2.27. The molecule has 0 fully saturated rings. The molecule has 5 heteroatoms. The van der Waals surface area contributed by atoms with Crippen LogP contribution in [-0.2, 0) is 0 Å². The maximum absolute atomic E-state index is 12.2. The van der Waals surface area contributed by atoms with Gasteiger partial charge in [-0.1, -0.05) is 13.3 Å². The molecule has 1 atom stereocenters. The largest absolute Gasteiger partial charge is 0.349 e. The third kappa shape index (κ3) is 3.42. The van der Waals surface area contributed by atoms with E-state index in [1.165, 1.54) is 11.3 Å². The van der Waals surface area contributed by atoms with E-state index in [4.69, 9.17) is 0 Å². The van der Waals surface area contributed by atoms with E-state index >= 15 is 0 Å². The van der Waals surface area contributed by atoms with E-state index in [0.29, 0.717) is 4.88 Å². The van der Waals surface area contributed by atoms with Crippen LogP contribution >= 0.6 is 11.3 Å². The second kappa shape index (κ2) is 6.61. The van der Waals surface area contributed by atoms with Crippen molar-refractivity contribution in [2.24, 2.45) is 0 Å². The molecule has 0 aromatic carbocycles. The standard InChI is InChI=1S/C15H19N3OS/c1-4-6-10(2)17-14(19)13-11(3)18-15(20-13)12-7-5-8-16-9-12/h5,7-10H,4,6H2,1-3H3,(H,17,19)/t10-/m0/s1. The van der Waals surface area contributed by atoms with Gasteiger partial charge in [0, 0.05) is 24.0 Å². The van der Waals surface area contributed by atoms with Crippen LogP contribution < -0.4 is 5.32 Å². The number of aryl methyl sites for hydroxylation is 1. The lowest BCUT2D eigenvalue weighted by Crippen LogP contribution is -2.32. The smallest absolute Gasteiger partial charge is 0.263 e. The molecule has 0 aliphatic rings. The lowest BCUT2D eigenvalue weighted by atomic mass is 10.2. The van der Waals surface area contributed by atoms with E-state index in [2.05, 4.69) is 22.2 Å². The van der Waals surface area contributed by atoms with Crippen molar-refractivity contribution >= 4 is 17.2 Å². The average Bonchev–Trinajstić information content (AvgIpc) is 2.82. The molecule has 20 heavy (non-hydrogen) atoms. The number of carbonyl (C=O) groups excluding carboxylic acids is 1. The first-order valence-corrected chi connectivity index (χ1v) is 7.62. The fourth-order valence-corrected chi connectivity index (χ4v) is 2.97. The Bertz CT molecular complexity index is 580. The van der Waals surface area contributed by atoms with Crippen LogP contribution in [0.15, 0.2) is 24.5 Å². The van der Waals surface area contributed by atoms with Gasteiger partial charge in [0.15, 0.2) is 0 Å². The van der Waals surface area contributed by atoms with E-state index < -0.39 is 0 Å². The van der Waals surface area contributed by atoms with Crippen molar-refractivity contribution < 1.29 is 4.79 Å². The lowest BCUT2D eigenvalue weighted by Gasteiger charge is -2.11. The molecule has 2 heterocycles. The number of thiazole rings is 1. The molecule has 0 saturated carbocycles. The van der Waals surface area contributed by atoms with E-state index in [1.54, 1.807) is 12.4 Å². The number of carbonyl (C=O) groups is 1. The normalized spacial score (nSPS) is 12.2. The Balaban J connectivity index is 2.17. The monoisotopic (exact) mass is 289 g/mol. The highest BCUT2D eigenvalue weighted by molar-refractivity contribution is 7.17. The summed E-state index contributed by atoms with van der Waals surface area (Å²) in [6.45, 7) is 6.01. The van der Waals surface area contributed by atoms with Gasteiger partial charge in [0.25, 0.3) is 5.91 Å². The van der Waals surface area contributed by atoms with Gasteiger partial charge in [-0.05, 0) is 32.4 Å². The van der Waals surface area contributed by atoms with Crippen molar-refractivity contribution in [1.82, 2.24) is 15.3 Å². The first-order valence-electron chi connectivity index (χ1n) is 6.80. The van der Waals surface area contributed by atoms with Crippen LogP contribution in [0.4, 0.5) is 0 Å². The van der Waals surface area contributed by atoms with Crippen molar-refractivity contribution in [2.75, 3.05) is 0 Å². The third-order valence-corrected chi connectivity index (χ3v) is 4.22. The number of nitrogens with one attached hydrogen (secondary N) is 1. The van der Waals surface area contributed by atoms with Crippen LogP contribution in [0.1, 0.15) is 42.1 Å². The molecule has 2 rings (SSSR count). The third-order valence-electron chi connectivity index (χ3n) is 3.01. The second-order valence-electron chi connectivity index (χ2n) is 4.84. The molecule has 0 bridgehead atoms. The molecule has 0 radical (unpaired) electrons. The molecular formula is C15H19N3OS. The number of amides is 1. The minimum absolute atomic E-state index is 0.0314. The van der Waals surface area contributed by atoms with Crippen molar-refractivity contribution in [3.05, 3.63) is 35.1 Å². The first kappa shape index (κ1) is 14.7. The van der Waals surface area contributed by atoms with Crippen molar-refractivity contribution in [1.29, 1.82) is 0 Å². The van der Waals surface area contributed by atoms with Crippen LogP contribution in [0.25, 0.3) is 10.6 Å². The van der Waals surface area contributed by atoms with Crippen LogP contribution in [0.3, 0.4) is 0 Å². The summed E-state index contributed by atoms with van der Waals surface area (Å²) in [4.78, 5) is 21.5. The molecule has 0 aliphatic carbocycles. The van der Waals surface area contributed by atoms with Gasteiger partial charge in [0.2, 0.25) is 0 Å². The Morgan fingerprint density at radius 1 is 1.50 bits per heavy atom. The molecule has 1 amide bonds. The summed E-state index contributed by atoms with van der Waals surface area (Å²) in [6, 6.07) is 4.01. The topological polar surface area (TPSA) is 54.9 Å². The Morgan fingerprint density at radius 2 is 2.30 bits per heavy atom. The zero-order valence-corrected chi connectivity index (χ0v) is 12.8. The Labute approximate surface area is 123 Å². The predicted molar refractivity (Wildman–Crippen MR) is 81.9 cm³/mol. The number of pyridine rings is 1. The predicted octanol–water partition coefficient (Wildman–Crippen LogP) is 3.43. The fourth-order valence-electron chi connectivity index (χ4n) is 2.01. The minimum Gasteiger partial charge on any atom is -0.349 e. The first-order chi connectivity index (χ1) is 9.61. The van der Waals surface area contributed by atoms with Crippen LogP contribution in [0.5, 0.6) is 0 Å². The molecule has 0 unspecified atom stereocenters. The average molecular weight is 289 g/mol. The number of rotatable bonds is 5. The quantitative estimate of drug-likeness (QED) is 0.917. The molecule has 4 nitrogen and oxygen atoms in total. The molecule has 0 aliphatic heterocycles. The summed E-state index contributed by atoms with van der Waals surface area (Å²) in [5.41, 5.74) is 1.72. The van der Waals surface area contributed by atoms with Gasteiger partial charge in [-0.25, -0.2) is 4.98 Å². The van der Waals surface area contributed by atoms with Gasteiger partial charge in [0.1, 0.15) is 9.88 Å². The van der Waals surface area contributed by atoms with Gasteiger partial charge in [0.05, 0.1) is 5.69 Å². The van der Waals surface area contributed by atoms with E-state index in [-0.39, 0.29) is 11.9 Å². The highest BCUT2D eigenvalue weighted by Gasteiger charge is 2.17. The van der Waals surface area contributed by atoms with Gasteiger partial charge in [-0.3, -0.25) is 9.78 Å². The number of hydrogen-bond acceptors (Lipinski definition) is 4. The summed E-state index contributed by atoms with van der Waals surface area (Å²) in [6.07, 6.45) is 5.53. The molecule has 0 spiro atoms. The van der Waals surface area contributed by atoms with Crippen molar-refractivity contribution in [3.63, 3.8) is 0 Å². The van der Waals surface area contributed by atoms with Crippen molar-refractivity contribution in [3.8, 4) is 10.6 Å². The molecule has 106 valence electrons. The summed E-state index contributed by atoms with van der Waals surface area (Å²) in [5, 5.41) is 3.86. The molecule has 2 aromatic rings. The fraction of sp³-hybridized carbons (Fsp3) is 0.400. The van der Waals surface area contributed by atoms with Crippen molar-refractivity contribution in [2.45, 2.75) is 39.7 Å². The maximum atomic E-state index is 12.2. The summed E-state index contributed by atoms with van der Waals surface area (Å²) in [5.74, 6) is -0.0314. The van der Waals surface area contributed by atoms with Crippen LogP contribution in [-0.4, -0.2) is 21.9 Å². The summed E-state index contributed by atoms with van der Waals surface area (Å²) < 4.78 is 0. The molecular weight excluding hydrogens is 270 g/mol. The van der Waals surface area contributed by atoms with Gasteiger partial charge < -0.3 is 5.32 Å². The number of nitrogens with zero attached hydrogens (tertiary/aromatic N) is 2. The molecule has 0 saturated heterocycles. The minimum atomic E-state index is -0.0314. The Hall–Kier alpha value is -1.75. The zero-order valence-electron chi connectivity index (χ0n) is 12.0. The van der Waals surface area contributed by atoms with Crippen LogP contribution in [0.2, 0.25) is 0 Å². The van der Waals surface area contributed by atoms with Gasteiger partial charge in [-0.15, -0.1) is 11.3 Å². The zero-order chi connectivity index (χ0) is 14.5. The molecule has 2 aromatic heterocycles. The molecule has 1 N–H and O–H groups in total. The maximum Gasteiger partial charge on any atom is 0.263 e. The number of hydrogen-bond donors (Lipinski definition) is 1. The Kier molecular flexibility index (Phi) is 4.84. The van der Waals surface area contributed by atoms with Gasteiger partial charge >= 0.3 is 0 Å². The Morgan fingerprint density at radius 3 is 2.95 bits per heavy atom. The summed E-state index contributed by atoms with van der Waals surface area (Å²) >= 11 is 1.42. The van der Waals surface area contributed by atoms with Gasteiger partial charge in [-0.2, -0.15) is 0 Å². The summed E-state index contributed by atoms with van der Waals surface area (Å²) in [7, 11) is 0.